The predicted octanol–water partition coefficient (Wildman–Crippen LogP) is 2.47. The number of aliphatic carboxylic acids is 1. The maximum Gasteiger partial charge on any atom is 0.336 e. The Morgan fingerprint density at radius 2 is 1.82 bits per heavy atom. The summed E-state index contributed by atoms with van der Waals surface area (Å²) in [6, 6.07) is 5.61. The van der Waals surface area contributed by atoms with Crippen molar-refractivity contribution < 1.29 is 24.4 Å². The Hall–Kier alpha value is -2.91. The van der Waals surface area contributed by atoms with E-state index in [0.29, 0.717) is 17.0 Å². The molecule has 1 atom stereocenters. The molecule has 1 aromatic carbocycles. The number of carboxylic acids is 1. The third-order valence-electron chi connectivity index (χ3n) is 3.90. The number of allylic oxidation sites excluding steroid dienone is 2. The molecular weight excluding hydrogens is 390 g/mol. The Kier molecular flexibility index (Phi) is 9.90. The standard InChI is InChI=1S/C17H18N2O6.CH5N.ClH/c1-4-25-17(22)14-10(3)18-9(2)13(16(20)21)15(14)11-6-5-7-12(8-11)19(23)24;1-2;/h5-8,15,18H,4H2,1-3H3,(H,20,21);2H2,1H3;1H. The van der Waals surface area contributed by atoms with Crippen molar-refractivity contribution in [1.29, 1.82) is 0 Å². The van der Waals surface area contributed by atoms with Gasteiger partial charge in [-0.3, -0.25) is 10.1 Å². The molecule has 10 heteroatoms. The number of nitrogens with one attached hydrogen (secondary N) is 1. The lowest BCUT2D eigenvalue weighted by Gasteiger charge is -2.29. The van der Waals surface area contributed by atoms with E-state index in [0.717, 1.165) is 0 Å². The molecule has 1 aromatic rings. The molecule has 1 aliphatic heterocycles. The number of nitro benzene ring substituents is 1. The van der Waals surface area contributed by atoms with Crippen molar-refractivity contribution >= 4 is 30.0 Å². The summed E-state index contributed by atoms with van der Waals surface area (Å²) >= 11 is 0. The lowest BCUT2D eigenvalue weighted by Crippen LogP contribution is -2.31. The Morgan fingerprint density at radius 1 is 1.25 bits per heavy atom. The first-order chi connectivity index (χ1) is 12.8. The minimum Gasteiger partial charge on any atom is -0.478 e. The first kappa shape index (κ1) is 25.1. The number of non-ortho nitro benzene ring substituents is 1. The van der Waals surface area contributed by atoms with Crippen LogP contribution in [0.25, 0.3) is 0 Å². The number of nitrogens with two attached hydrogens (primary N) is 1. The molecule has 0 bridgehead atoms. The number of benzene rings is 1. The number of hydrogen-bond donors (Lipinski definition) is 3. The second kappa shape index (κ2) is 11.1. The Bertz CT molecular complexity index is 819. The van der Waals surface area contributed by atoms with Crippen molar-refractivity contribution in [2.45, 2.75) is 26.7 Å². The number of dihydropyridines is 1. The zero-order valence-electron chi connectivity index (χ0n) is 16.0. The average molecular weight is 414 g/mol. The summed E-state index contributed by atoms with van der Waals surface area (Å²) in [6.07, 6.45) is 0. The van der Waals surface area contributed by atoms with Gasteiger partial charge < -0.3 is 20.9 Å². The largest absolute Gasteiger partial charge is 0.478 e. The predicted molar refractivity (Wildman–Crippen MR) is 106 cm³/mol. The first-order valence-electron chi connectivity index (χ1n) is 8.19. The van der Waals surface area contributed by atoms with Crippen molar-refractivity contribution in [3.05, 3.63) is 62.5 Å². The zero-order valence-corrected chi connectivity index (χ0v) is 16.8. The van der Waals surface area contributed by atoms with E-state index < -0.39 is 22.8 Å². The summed E-state index contributed by atoms with van der Waals surface area (Å²) in [4.78, 5) is 34.7. The third-order valence-corrected chi connectivity index (χ3v) is 3.90. The number of carbonyl (C=O) groups is 2. The molecular formula is C18H24ClN3O6. The van der Waals surface area contributed by atoms with Gasteiger partial charge in [0, 0.05) is 23.5 Å². The van der Waals surface area contributed by atoms with Gasteiger partial charge in [0.15, 0.2) is 0 Å². The summed E-state index contributed by atoms with van der Waals surface area (Å²) in [5, 5.41) is 23.6. The number of rotatable bonds is 5. The molecule has 0 amide bonds. The monoisotopic (exact) mass is 413 g/mol. The van der Waals surface area contributed by atoms with E-state index in [4.69, 9.17) is 4.74 Å². The van der Waals surface area contributed by atoms with Crippen LogP contribution in [-0.4, -0.2) is 35.6 Å². The van der Waals surface area contributed by atoms with Gasteiger partial charge in [0.1, 0.15) is 0 Å². The van der Waals surface area contributed by atoms with Crippen LogP contribution in [0.4, 0.5) is 5.69 Å². The fraction of sp³-hybridized carbons (Fsp3) is 0.333. The van der Waals surface area contributed by atoms with Gasteiger partial charge in [0.2, 0.25) is 0 Å². The molecule has 0 fully saturated rings. The van der Waals surface area contributed by atoms with Gasteiger partial charge in [-0.15, -0.1) is 12.4 Å². The number of hydrogen-bond acceptors (Lipinski definition) is 7. The second-order valence-electron chi connectivity index (χ2n) is 5.51. The Morgan fingerprint density at radius 3 is 2.32 bits per heavy atom. The topological polar surface area (TPSA) is 145 Å². The number of ether oxygens (including phenoxy) is 1. The number of carboxylic acid groups (broad SMARTS) is 1. The molecule has 154 valence electrons. The SMILES string of the molecule is CCOC(=O)C1=C(C)NC(C)=C(C(=O)O)C1c1cccc([N+](=O)[O-])c1.CN.Cl. The van der Waals surface area contributed by atoms with Gasteiger partial charge in [0.05, 0.1) is 28.6 Å². The fourth-order valence-corrected chi connectivity index (χ4v) is 2.91. The van der Waals surface area contributed by atoms with Gasteiger partial charge in [-0.05, 0) is 33.4 Å². The molecule has 28 heavy (non-hydrogen) atoms. The van der Waals surface area contributed by atoms with E-state index >= 15 is 0 Å². The lowest BCUT2D eigenvalue weighted by atomic mass is 9.80. The summed E-state index contributed by atoms with van der Waals surface area (Å²) in [5.74, 6) is -2.83. The quantitative estimate of drug-likeness (QED) is 0.379. The van der Waals surface area contributed by atoms with E-state index in [1.54, 1.807) is 26.8 Å². The van der Waals surface area contributed by atoms with Crippen molar-refractivity contribution in [2.24, 2.45) is 5.73 Å². The van der Waals surface area contributed by atoms with Crippen LogP contribution in [0.3, 0.4) is 0 Å². The molecule has 2 rings (SSSR count). The van der Waals surface area contributed by atoms with E-state index in [2.05, 4.69) is 11.1 Å². The molecule has 4 N–H and O–H groups in total. The maximum absolute atomic E-state index is 12.4. The summed E-state index contributed by atoms with van der Waals surface area (Å²) in [6.45, 7) is 4.99. The van der Waals surface area contributed by atoms with Gasteiger partial charge in [-0.2, -0.15) is 0 Å². The molecule has 1 heterocycles. The van der Waals surface area contributed by atoms with Crippen molar-refractivity contribution in [1.82, 2.24) is 5.32 Å². The molecule has 1 aliphatic rings. The highest BCUT2D eigenvalue weighted by Gasteiger charge is 2.37. The van der Waals surface area contributed by atoms with Crippen molar-refractivity contribution in [2.75, 3.05) is 13.7 Å². The first-order valence-corrected chi connectivity index (χ1v) is 8.19. The molecule has 0 spiro atoms. The van der Waals surface area contributed by atoms with Crippen molar-refractivity contribution in [3.8, 4) is 0 Å². The highest BCUT2D eigenvalue weighted by atomic mass is 35.5. The van der Waals surface area contributed by atoms with Crippen molar-refractivity contribution in [3.63, 3.8) is 0 Å². The number of nitro groups is 1. The summed E-state index contributed by atoms with van der Waals surface area (Å²) < 4.78 is 5.06. The van der Waals surface area contributed by atoms with E-state index in [-0.39, 0.29) is 35.8 Å². The summed E-state index contributed by atoms with van der Waals surface area (Å²) in [7, 11) is 1.50. The van der Waals surface area contributed by atoms with Gasteiger partial charge in [0.25, 0.3) is 5.69 Å². The van der Waals surface area contributed by atoms with Gasteiger partial charge >= 0.3 is 11.9 Å². The summed E-state index contributed by atoms with van der Waals surface area (Å²) in [5.41, 5.74) is 5.57. The number of carbonyl (C=O) groups excluding carboxylic acids is 1. The molecule has 0 saturated carbocycles. The van der Waals surface area contributed by atoms with Crippen LogP contribution in [-0.2, 0) is 14.3 Å². The number of nitrogens with zero attached hydrogens (tertiary/aromatic N) is 1. The Labute approximate surface area is 168 Å². The smallest absolute Gasteiger partial charge is 0.336 e. The molecule has 0 saturated heterocycles. The lowest BCUT2D eigenvalue weighted by molar-refractivity contribution is -0.384. The number of esters is 1. The maximum atomic E-state index is 12.4. The van der Waals surface area contributed by atoms with Crippen LogP contribution >= 0.6 is 12.4 Å². The van der Waals surface area contributed by atoms with E-state index in [9.17, 15) is 24.8 Å². The molecule has 1 unspecified atom stereocenters. The normalized spacial score (nSPS) is 15.5. The van der Waals surface area contributed by atoms with Crippen LogP contribution in [0.15, 0.2) is 46.8 Å². The number of halogens is 1. The average Bonchev–Trinajstić information content (AvgIpc) is 2.62. The van der Waals surface area contributed by atoms with Gasteiger partial charge in [-0.1, -0.05) is 12.1 Å². The van der Waals surface area contributed by atoms with Crippen LogP contribution < -0.4 is 11.1 Å². The highest BCUT2D eigenvalue weighted by Crippen LogP contribution is 2.39. The zero-order chi connectivity index (χ0) is 20.7. The fourth-order valence-electron chi connectivity index (χ4n) is 2.91. The second-order valence-corrected chi connectivity index (χ2v) is 5.51. The highest BCUT2D eigenvalue weighted by molar-refractivity contribution is 5.99. The van der Waals surface area contributed by atoms with Crippen LogP contribution in [0.1, 0.15) is 32.3 Å². The Balaban J connectivity index is 0.00000235. The molecule has 0 aromatic heterocycles. The van der Waals surface area contributed by atoms with Gasteiger partial charge in [-0.25, -0.2) is 9.59 Å². The molecule has 0 aliphatic carbocycles. The van der Waals surface area contributed by atoms with E-state index in [1.165, 1.54) is 25.2 Å². The third kappa shape index (κ3) is 5.30. The van der Waals surface area contributed by atoms with Crippen LogP contribution in [0, 0.1) is 10.1 Å². The van der Waals surface area contributed by atoms with Crippen LogP contribution in [0.5, 0.6) is 0 Å². The minimum atomic E-state index is -1.21. The molecule has 0 radical (unpaired) electrons. The van der Waals surface area contributed by atoms with E-state index in [1.807, 2.05) is 0 Å². The molecule has 9 nitrogen and oxygen atoms in total. The van der Waals surface area contributed by atoms with Crippen LogP contribution in [0.2, 0.25) is 0 Å². The minimum absolute atomic E-state index is 0.